The zero-order chi connectivity index (χ0) is 21.7. The summed E-state index contributed by atoms with van der Waals surface area (Å²) in [5, 5.41) is 0. The number of cyclic esters (lactones) is 1. The van der Waals surface area contributed by atoms with Crippen molar-refractivity contribution in [3.05, 3.63) is 23.8 Å². The number of carbonyl (C=O) groups excluding carboxylic acids is 1. The first-order valence-electron chi connectivity index (χ1n) is 11.6. The average Bonchev–Trinajstić information content (AvgIpc) is 3.02. The van der Waals surface area contributed by atoms with Gasteiger partial charge in [-0.15, -0.1) is 0 Å². The summed E-state index contributed by atoms with van der Waals surface area (Å²) < 4.78 is 23.5. The SMILES string of the molecule is C=C1CCC2[C@]3(C)COC(C)(C)O[C@@H]3CC[C@@]2(C)[C@@H]1C/C=C1\C(=O)OCC1OCC. The predicted octanol–water partition coefficient (Wildman–Crippen LogP) is 4.81. The fraction of sp³-hybridized carbons (Fsp3) is 0.800. The number of ether oxygens (including phenoxy) is 4. The molecule has 2 unspecified atom stereocenters. The molecule has 2 aliphatic heterocycles. The third kappa shape index (κ3) is 3.57. The monoisotopic (exact) mass is 418 g/mol. The van der Waals surface area contributed by atoms with Crippen molar-refractivity contribution in [1.29, 1.82) is 0 Å². The van der Waals surface area contributed by atoms with Crippen LogP contribution >= 0.6 is 0 Å². The van der Waals surface area contributed by atoms with Crippen LogP contribution in [0.1, 0.15) is 66.7 Å². The van der Waals surface area contributed by atoms with Crippen LogP contribution in [0.3, 0.4) is 0 Å². The average molecular weight is 419 g/mol. The summed E-state index contributed by atoms with van der Waals surface area (Å²) in [5.41, 5.74) is 2.12. The lowest BCUT2D eigenvalue weighted by Gasteiger charge is -2.63. The normalized spacial score (nSPS) is 44.5. The Morgan fingerprint density at radius 3 is 2.70 bits per heavy atom. The van der Waals surface area contributed by atoms with Crippen LogP contribution in [0.5, 0.6) is 0 Å². The maximum Gasteiger partial charge on any atom is 0.336 e. The number of allylic oxidation sites excluding steroid dienone is 2. The van der Waals surface area contributed by atoms with Gasteiger partial charge in [0.2, 0.25) is 0 Å². The van der Waals surface area contributed by atoms with E-state index in [2.05, 4.69) is 26.5 Å². The first-order chi connectivity index (χ1) is 14.1. The number of fused-ring (bicyclic) bond motifs is 3. The van der Waals surface area contributed by atoms with Crippen LogP contribution in [0.25, 0.3) is 0 Å². The molecular weight excluding hydrogens is 380 g/mol. The lowest BCUT2D eigenvalue weighted by atomic mass is 9.46. The third-order valence-corrected chi connectivity index (χ3v) is 8.36. The smallest absolute Gasteiger partial charge is 0.336 e. The van der Waals surface area contributed by atoms with Crippen molar-refractivity contribution >= 4 is 5.97 Å². The molecule has 0 spiro atoms. The zero-order valence-corrected chi connectivity index (χ0v) is 19.3. The fourth-order valence-electron chi connectivity index (χ4n) is 6.75. The molecule has 2 aliphatic carbocycles. The molecule has 0 aromatic carbocycles. The second-order valence-electron chi connectivity index (χ2n) is 10.6. The van der Waals surface area contributed by atoms with Crippen molar-refractivity contribution in [2.75, 3.05) is 19.8 Å². The highest BCUT2D eigenvalue weighted by Crippen LogP contribution is 2.63. The van der Waals surface area contributed by atoms with Crippen molar-refractivity contribution in [1.82, 2.24) is 0 Å². The number of esters is 1. The molecule has 2 saturated carbocycles. The molecular formula is C25H38O5. The van der Waals surface area contributed by atoms with Crippen LogP contribution in [0.4, 0.5) is 0 Å². The molecule has 0 amide bonds. The summed E-state index contributed by atoms with van der Waals surface area (Å²) in [4.78, 5) is 12.3. The van der Waals surface area contributed by atoms with Gasteiger partial charge in [-0.25, -0.2) is 4.79 Å². The first kappa shape index (κ1) is 22.0. The lowest BCUT2D eigenvalue weighted by Crippen LogP contribution is -2.62. The first-order valence-corrected chi connectivity index (χ1v) is 11.6. The van der Waals surface area contributed by atoms with Gasteiger partial charge in [-0.2, -0.15) is 0 Å². The van der Waals surface area contributed by atoms with E-state index in [-0.39, 0.29) is 29.0 Å². The van der Waals surface area contributed by atoms with E-state index in [1.165, 1.54) is 5.57 Å². The van der Waals surface area contributed by atoms with Gasteiger partial charge in [0.25, 0.3) is 0 Å². The van der Waals surface area contributed by atoms with E-state index < -0.39 is 5.79 Å². The summed E-state index contributed by atoms with van der Waals surface area (Å²) in [7, 11) is 0. The molecule has 5 nitrogen and oxygen atoms in total. The minimum atomic E-state index is -0.503. The molecule has 2 saturated heterocycles. The molecule has 6 atom stereocenters. The molecule has 4 fully saturated rings. The molecule has 4 aliphatic rings. The van der Waals surface area contributed by atoms with E-state index in [1.54, 1.807) is 0 Å². The maximum atomic E-state index is 12.3. The van der Waals surface area contributed by atoms with E-state index >= 15 is 0 Å². The van der Waals surface area contributed by atoms with Gasteiger partial charge in [0.1, 0.15) is 12.7 Å². The summed E-state index contributed by atoms with van der Waals surface area (Å²) in [5.74, 6) is 0.111. The van der Waals surface area contributed by atoms with Gasteiger partial charge in [0, 0.05) is 12.0 Å². The Hall–Kier alpha value is -1.17. The van der Waals surface area contributed by atoms with Crippen LogP contribution in [0, 0.1) is 22.7 Å². The molecule has 0 aromatic heterocycles. The second kappa shape index (κ2) is 7.75. The molecule has 0 bridgehead atoms. The fourth-order valence-corrected chi connectivity index (χ4v) is 6.75. The van der Waals surface area contributed by atoms with Crippen molar-refractivity contribution in [3.63, 3.8) is 0 Å². The van der Waals surface area contributed by atoms with Crippen molar-refractivity contribution < 1.29 is 23.7 Å². The van der Waals surface area contributed by atoms with Crippen LogP contribution in [-0.2, 0) is 23.7 Å². The Morgan fingerprint density at radius 1 is 1.20 bits per heavy atom. The van der Waals surface area contributed by atoms with Gasteiger partial charge in [-0.3, -0.25) is 0 Å². The van der Waals surface area contributed by atoms with Crippen LogP contribution in [0.2, 0.25) is 0 Å². The largest absolute Gasteiger partial charge is 0.459 e. The summed E-state index contributed by atoms with van der Waals surface area (Å²) >= 11 is 0. The molecule has 0 radical (unpaired) electrons. The topological polar surface area (TPSA) is 54.0 Å². The lowest BCUT2D eigenvalue weighted by molar-refractivity contribution is -0.344. The van der Waals surface area contributed by atoms with Crippen molar-refractivity contribution in [2.45, 2.75) is 84.7 Å². The highest BCUT2D eigenvalue weighted by Gasteiger charge is 2.60. The Labute approximate surface area is 181 Å². The van der Waals surface area contributed by atoms with Crippen molar-refractivity contribution in [2.24, 2.45) is 22.7 Å². The highest BCUT2D eigenvalue weighted by molar-refractivity contribution is 5.91. The highest BCUT2D eigenvalue weighted by atomic mass is 16.7. The van der Waals surface area contributed by atoms with Gasteiger partial charge in [-0.05, 0) is 70.1 Å². The Morgan fingerprint density at radius 2 is 1.97 bits per heavy atom. The third-order valence-electron chi connectivity index (χ3n) is 8.36. The van der Waals surface area contributed by atoms with E-state index in [9.17, 15) is 4.79 Å². The van der Waals surface area contributed by atoms with E-state index in [1.807, 2.05) is 20.8 Å². The molecule has 5 heteroatoms. The summed E-state index contributed by atoms with van der Waals surface area (Å²) in [6.45, 7) is 16.9. The van der Waals surface area contributed by atoms with Gasteiger partial charge < -0.3 is 18.9 Å². The minimum Gasteiger partial charge on any atom is -0.459 e. The van der Waals surface area contributed by atoms with Crippen LogP contribution in [0.15, 0.2) is 23.8 Å². The molecule has 168 valence electrons. The number of hydrogen-bond donors (Lipinski definition) is 0. The Bertz CT molecular complexity index is 740. The van der Waals surface area contributed by atoms with Crippen LogP contribution < -0.4 is 0 Å². The summed E-state index contributed by atoms with van der Waals surface area (Å²) in [6, 6.07) is 0. The molecule has 2 heterocycles. The summed E-state index contributed by atoms with van der Waals surface area (Å²) in [6.07, 6.45) is 7.19. The van der Waals surface area contributed by atoms with Crippen molar-refractivity contribution in [3.8, 4) is 0 Å². The number of rotatable bonds is 4. The molecule has 30 heavy (non-hydrogen) atoms. The quantitative estimate of drug-likeness (QED) is 0.373. The van der Waals surface area contributed by atoms with Gasteiger partial charge in [-0.1, -0.05) is 32.1 Å². The van der Waals surface area contributed by atoms with Gasteiger partial charge >= 0.3 is 5.97 Å². The number of hydrogen-bond acceptors (Lipinski definition) is 5. The van der Waals surface area contributed by atoms with E-state index in [0.717, 1.165) is 38.7 Å². The van der Waals surface area contributed by atoms with Gasteiger partial charge in [0.15, 0.2) is 5.79 Å². The van der Waals surface area contributed by atoms with Crippen LogP contribution in [-0.4, -0.2) is 43.8 Å². The predicted molar refractivity (Wildman–Crippen MR) is 115 cm³/mol. The molecule has 0 aromatic rings. The molecule has 0 N–H and O–H groups in total. The zero-order valence-electron chi connectivity index (χ0n) is 19.3. The van der Waals surface area contributed by atoms with E-state index in [4.69, 9.17) is 18.9 Å². The maximum absolute atomic E-state index is 12.3. The van der Waals surface area contributed by atoms with E-state index in [0.29, 0.717) is 30.6 Å². The Balaban J connectivity index is 1.59. The Kier molecular flexibility index (Phi) is 5.70. The minimum absolute atomic E-state index is 0.00869. The number of carbonyl (C=O) groups is 1. The second-order valence-corrected chi connectivity index (χ2v) is 10.6. The molecule has 4 rings (SSSR count). The van der Waals surface area contributed by atoms with Gasteiger partial charge in [0.05, 0.1) is 18.3 Å². The standard InChI is InChI=1S/C25H38O5/c1-7-27-19-14-28-22(26)17(19)9-10-18-16(2)8-11-20-24(18,5)13-12-21-25(20,6)15-29-23(3,4)30-21/h9,18-21H,2,7-8,10-15H2,1,3-6H3/b17-9-/t18-,19?,20?,21-,24+,25+/m1/s1.